The SMILES string of the molecule is CCOc1ccccc1C(=O)OCC(=O)NC(=O)c1ccc(C(C)(C)C)cc1. The van der Waals surface area contributed by atoms with Gasteiger partial charge in [0.25, 0.3) is 11.8 Å². The van der Waals surface area contributed by atoms with Crippen molar-refractivity contribution in [3.63, 3.8) is 0 Å². The summed E-state index contributed by atoms with van der Waals surface area (Å²) in [6.07, 6.45) is 0. The molecule has 2 amide bonds. The van der Waals surface area contributed by atoms with Crippen molar-refractivity contribution >= 4 is 17.8 Å². The molecule has 0 atom stereocenters. The molecule has 0 heterocycles. The van der Waals surface area contributed by atoms with Crippen LogP contribution >= 0.6 is 0 Å². The highest BCUT2D eigenvalue weighted by atomic mass is 16.5. The number of carbonyl (C=O) groups is 3. The van der Waals surface area contributed by atoms with Gasteiger partial charge < -0.3 is 9.47 Å². The number of ether oxygens (including phenoxy) is 2. The zero-order valence-electron chi connectivity index (χ0n) is 16.6. The molecule has 0 spiro atoms. The largest absolute Gasteiger partial charge is 0.493 e. The summed E-state index contributed by atoms with van der Waals surface area (Å²) in [4.78, 5) is 36.3. The second-order valence-corrected chi connectivity index (χ2v) is 7.21. The molecular formula is C22H25NO5. The Kier molecular flexibility index (Phi) is 6.93. The van der Waals surface area contributed by atoms with Gasteiger partial charge in [-0.05, 0) is 42.2 Å². The number of rotatable bonds is 6. The molecule has 0 aliphatic carbocycles. The van der Waals surface area contributed by atoms with Crippen LogP contribution in [0.25, 0.3) is 0 Å². The molecule has 0 saturated heterocycles. The number of hydrogen-bond donors (Lipinski definition) is 1. The van der Waals surface area contributed by atoms with E-state index in [9.17, 15) is 14.4 Å². The summed E-state index contributed by atoms with van der Waals surface area (Å²) in [6, 6.07) is 13.6. The van der Waals surface area contributed by atoms with Gasteiger partial charge in [0, 0.05) is 5.56 Å². The molecule has 0 aliphatic heterocycles. The molecule has 6 heteroatoms. The number of imide groups is 1. The first-order valence-electron chi connectivity index (χ1n) is 9.06. The van der Waals surface area contributed by atoms with E-state index in [0.717, 1.165) is 5.56 Å². The predicted molar refractivity (Wildman–Crippen MR) is 106 cm³/mol. The molecule has 1 N–H and O–H groups in total. The average Bonchev–Trinajstić information content (AvgIpc) is 2.66. The highest BCUT2D eigenvalue weighted by Crippen LogP contribution is 2.22. The Labute approximate surface area is 164 Å². The topological polar surface area (TPSA) is 81.7 Å². The lowest BCUT2D eigenvalue weighted by atomic mass is 9.87. The predicted octanol–water partition coefficient (Wildman–Crippen LogP) is 3.50. The van der Waals surface area contributed by atoms with Crippen LogP contribution in [0.3, 0.4) is 0 Å². The van der Waals surface area contributed by atoms with Gasteiger partial charge in [0.05, 0.1) is 6.61 Å². The van der Waals surface area contributed by atoms with Crippen molar-refractivity contribution in [1.82, 2.24) is 5.32 Å². The maximum Gasteiger partial charge on any atom is 0.342 e. The maximum absolute atomic E-state index is 12.2. The van der Waals surface area contributed by atoms with E-state index < -0.39 is 24.4 Å². The molecule has 6 nitrogen and oxygen atoms in total. The Hall–Kier alpha value is -3.15. The first-order valence-corrected chi connectivity index (χ1v) is 9.06. The van der Waals surface area contributed by atoms with Crippen LogP contribution in [0, 0.1) is 0 Å². The molecule has 0 saturated carbocycles. The third kappa shape index (κ3) is 5.67. The molecule has 0 radical (unpaired) electrons. The molecule has 2 aromatic rings. The molecule has 0 fully saturated rings. The van der Waals surface area contributed by atoms with Crippen molar-refractivity contribution in [2.75, 3.05) is 13.2 Å². The average molecular weight is 383 g/mol. The number of carbonyl (C=O) groups excluding carboxylic acids is 3. The number of amides is 2. The number of hydrogen-bond acceptors (Lipinski definition) is 5. The standard InChI is InChI=1S/C22H25NO5/c1-5-27-18-9-7-6-8-17(18)21(26)28-14-19(24)23-20(25)15-10-12-16(13-11-15)22(2,3)4/h6-13H,5,14H2,1-4H3,(H,23,24,25). The molecule has 2 aromatic carbocycles. The quantitative estimate of drug-likeness (QED) is 0.772. The number of para-hydroxylation sites is 1. The van der Waals surface area contributed by atoms with Gasteiger partial charge in [-0.25, -0.2) is 4.79 Å². The van der Waals surface area contributed by atoms with Gasteiger partial charge in [0.15, 0.2) is 6.61 Å². The maximum atomic E-state index is 12.2. The summed E-state index contributed by atoms with van der Waals surface area (Å²) in [5, 5.41) is 2.21. The van der Waals surface area contributed by atoms with Crippen molar-refractivity contribution in [2.24, 2.45) is 0 Å². The molecule has 0 unspecified atom stereocenters. The summed E-state index contributed by atoms with van der Waals surface area (Å²) >= 11 is 0. The normalized spacial score (nSPS) is 10.9. The van der Waals surface area contributed by atoms with Crippen molar-refractivity contribution < 1.29 is 23.9 Å². The molecular weight excluding hydrogens is 358 g/mol. The lowest BCUT2D eigenvalue weighted by molar-refractivity contribution is -0.123. The summed E-state index contributed by atoms with van der Waals surface area (Å²) in [5.74, 6) is -1.56. The Morgan fingerprint density at radius 2 is 1.61 bits per heavy atom. The van der Waals surface area contributed by atoms with Crippen LogP contribution in [0.2, 0.25) is 0 Å². The monoisotopic (exact) mass is 383 g/mol. The zero-order chi connectivity index (χ0) is 20.7. The number of nitrogens with one attached hydrogen (secondary N) is 1. The van der Waals surface area contributed by atoms with Crippen molar-refractivity contribution in [3.8, 4) is 5.75 Å². The van der Waals surface area contributed by atoms with Gasteiger partial charge in [-0.3, -0.25) is 14.9 Å². The number of benzene rings is 2. The minimum atomic E-state index is -0.702. The van der Waals surface area contributed by atoms with Crippen molar-refractivity contribution in [3.05, 3.63) is 65.2 Å². The summed E-state index contributed by atoms with van der Waals surface area (Å²) in [7, 11) is 0. The minimum Gasteiger partial charge on any atom is -0.493 e. The van der Waals surface area contributed by atoms with Gasteiger partial charge >= 0.3 is 5.97 Å². The lowest BCUT2D eigenvalue weighted by Gasteiger charge is -2.19. The van der Waals surface area contributed by atoms with Gasteiger partial charge in [-0.2, -0.15) is 0 Å². The fraction of sp³-hybridized carbons (Fsp3) is 0.318. The highest BCUT2D eigenvalue weighted by Gasteiger charge is 2.18. The third-order valence-electron chi connectivity index (χ3n) is 4.01. The molecule has 0 aromatic heterocycles. The Morgan fingerprint density at radius 1 is 0.964 bits per heavy atom. The summed E-state index contributed by atoms with van der Waals surface area (Å²) < 4.78 is 10.4. The van der Waals surface area contributed by atoms with E-state index in [0.29, 0.717) is 17.9 Å². The summed E-state index contributed by atoms with van der Waals surface area (Å²) in [5.41, 5.74) is 1.63. The van der Waals surface area contributed by atoms with Crippen LogP contribution in [0.15, 0.2) is 48.5 Å². The van der Waals surface area contributed by atoms with Crippen LogP contribution in [-0.4, -0.2) is 31.0 Å². The van der Waals surface area contributed by atoms with E-state index in [1.807, 2.05) is 12.1 Å². The van der Waals surface area contributed by atoms with E-state index in [-0.39, 0.29) is 11.0 Å². The fourth-order valence-corrected chi connectivity index (χ4v) is 2.48. The molecule has 148 valence electrons. The second-order valence-electron chi connectivity index (χ2n) is 7.21. The molecule has 0 bridgehead atoms. The van der Waals surface area contributed by atoms with Crippen LogP contribution < -0.4 is 10.1 Å². The van der Waals surface area contributed by atoms with E-state index >= 15 is 0 Å². The highest BCUT2D eigenvalue weighted by molar-refractivity contribution is 6.05. The van der Waals surface area contributed by atoms with Gasteiger partial charge in [-0.15, -0.1) is 0 Å². The van der Waals surface area contributed by atoms with Crippen LogP contribution in [0.4, 0.5) is 0 Å². The van der Waals surface area contributed by atoms with Crippen molar-refractivity contribution in [2.45, 2.75) is 33.1 Å². The Morgan fingerprint density at radius 3 is 2.21 bits per heavy atom. The lowest BCUT2D eigenvalue weighted by Crippen LogP contribution is -2.34. The van der Waals surface area contributed by atoms with Crippen LogP contribution in [-0.2, 0) is 14.9 Å². The second kappa shape index (κ2) is 9.17. The minimum absolute atomic E-state index is 0.0309. The smallest absolute Gasteiger partial charge is 0.342 e. The zero-order valence-corrected chi connectivity index (χ0v) is 16.6. The van der Waals surface area contributed by atoms with Gasteiger partial charge in [0.2, 0.25) is 0 Å². The van der Waals surface area contributed by atoms with Gasteiger partial charge in [-0.1, -0.05) is 45.0 Å². The third-order valence-corrected chi connectivity index (χ3v) is 4.01. The molecule has 0 aliphatic rings. The summed E-state index contributed by atoms with van der Waals surface area (Å²) in [6.45, 7) is 7.85. The molecule has 28 heavy (non-hydrogen) atoms. The Balaban J connectivity index is 1.92. The first-order chi connectivity index (χ1) is 13.2. The van der Waals surface area contributed by atoms with Crippen LogP contribution in [0.1, 0.15) is 54.0 Å². The van der Waals surface area contributed by atoms with Crippen molar-refractivity contribution in [1.29, 1.82) is 0 Å². The van der Waals surface area contributed by atoms with E-state index in [4.69, 9.17) is 9.47 Å². The molecule has 2 rings (SSSR count). The van der Waals surface area contributed by atoms with E-state index in [2.05, 4.69) is 26.1 Å². The van der Waals surface area contributed by atoms with E-state index in [1.165, 1.54) is 0 Å². The first kappa shape index (κ1) is 21.2. The Bertz CT molecular complexity index is 850. The number of esters is 1. The van der Waals surface area contributed by atoms with E-state index in [1.54, 1.807) is 43.3 Å². The van der Waals surface area contributed by atoms with Crippen LogP contribution in [0.5, 0.6) is 5.75 Å². The fourth-order valence-electron chi connectivity index (χ4n) is 2.48. The van der Waals surface area contributed by atoms with Gasteiger partial charge in [0.1, 0.15) is 11.3 Å².